The molecule has 3 aliphatic rings. The molecule has 3 fully saturated rings. The van der Waals surface area contributed by atoms with Crippen molar-refractivity contribution in [1.82, 2.24) is 116 Å². The van der Waals surface area contributed by atoms with Gasteiger partial charge in [0.15, 0.2) is 34.4 Å². The number of carbonyl (C=O) groups excluding carboxylic acids is 3. The number of halogens is 6. The standard InChI is InChI=1S/3C29H31ClFN9OS/c1-18-4-3-7-38(13-18)16-23-9-27(42-37-23)36-28-29-33-12-25(40(29)14-19(2)35-28)21-11-34-39(15-21)17-26(41)32-10-20-5-6-22(31)8-24(20)30;1-18-4-3-7-38(13-18)16-23-9-27(42-37-23)36-28-29-33-12-25(40(29)14-19(2)35-28)21-11-34-39(15-21)17-26(41)32-10-20-5-6-22(30)8-24(20)31;1-18-4-3-7-38(13-18)16-22-9-27(42-37-22)36-28-29-33-12-25(40(29)14-19(2)35-28)21-11-34-39(15-21)17-26(41)32-10-20-5-6-24(31)23(30)8-20/h3*5-6,8-9,11-12,14-15,18H,3-4,7,10,13,16-17H2,1-2H3,(H,32,41)(H,35,36). The summed E-state index contributed by atoms with van der Waals surface area (Å²) in [4.78, 5) is 73.0. The van der Waals surface area contributed by atoms with Gasteiger partial charge in [0.2, 0.25) is 17.7 Å². The van der Waals surface area contributed by atoms with Crippen LogP contribution in [0.5, 0.6) is 0 Å². The summed E-state index contributed by atoms with van der Waals surface area (Å²) in [7, 11) is 0. The number of hydrogen-bond acceptors (Lipinski definition) is 24. The lowest BCUT2D eigenvalue weighted by Gasteiger charge is -2.30. The fourth-order valence-corrected chi connectivity index (χ4v) is 18.4. The summed E-state index contributed by atoms with van der Waals surface area (Å²) >= 11 is 22.0. The van der Waals surface area contributed by atoms with E-state index in [0.29, 0.717) is 56.1 Å². The second kappa shape index (κ2) is 39.9. The summed E-state index contributed by atoms with van der Waals surface area (Å²) in [6.07, 6.45) is 29.2. The first-order chi connectivity index (χ1) is 60.9. The largest absolute Gasteiger partial charge is 0.350 e. The lowest BCUT2D eigenvalue weighted by molar-refractivity contribution is -0.122. The molecule has 3 aliphatic heterocycles. The van der Waals surface area contributed by atoms with Crippen LogP contribution in [0.15, 0.2) is 147 Å². The van der Waals surface area contributed by atoms with Crippen molar-refractivity contribution in [3.63, 3.8) is 0 Å². The van der Waals surface area contributed by atoms with Gasteiger partial charge in [0.05, 0.1) is 93.4 Å². The number of aryl methyl sites for hydroxylation is 3. The Bertz CT molecular complexity index is 6140. The Morgan fingerprint density at radius 3 is 1.21 bits per heavy atom. The van der Waals surface area contributed by atoms with E-state index in [-0.39, 0.29) is 67.0 Å². The Kier molecular flexibility index (Phi) is 27.8. The van der Waals surface area contributed by atoms with Crippen LogP contribution >= 0.6 is 69.4 Å². The number of piperidine rings is 3. The van der Waals surface area contributed by atoms with Gasteiger partial charge in [-0.25, -0.2) is 43.1 Å². The molecule has 0 bridgehead atoms. The van der Waals surface area contributed by atoms with Gasteiger partial charge in [-0.05, 0) is 197 Å². The summed E-state index contributed by atoms with van der Waals surface area (Å²) < 4.78 is 65.3. The van der Waals surface area contributed by atoms with Gasteiger partial charge in [-0.15, -0.1) is 0 Å². The number of nitrogens with zero attached hydrogens (tertiary/aromatic N) is 21. The maximum atomic E-state index is 14.0. The van der Waals surface area contributed by atoms with Crippen molar-refractivity contribution in [3.8, 4) is 33.8 Å². The van der Waals surface area contributed by atoms with Crippen LogP contribution in [-0.4, -0.2) is 157 Å². The van der Waals surface area contributed by atoms with Crippen LogP contribution in [0.3, 0.4) is 0 Å². The Balaban J connectivity index is 0.000000139. The molecular weight excluding hydrogens is 1730 g/mol. The SMILES string of the molecule is Cc1cn2c(-c3cnn(CC(=O)NCc4ccc(Cl)cc4F)c3)cnc2c(Nc2cc(CN3CCCC(C)C3)ns2)n1.Cc1cn2c(-c3cnn(CC(=O)NCc4ccc(F)c(Cl)c4)c3)cnc2c(Nc2cc(CN3CCCC(C)C3)ns2)n1.Cc1cn2c(-c3cnn(CC(=O)NCc4ccc(F)cc4Cl)c3)cnc2c(Nc2cc(CN3CCCC(C)C3)ns2)n1. The van der Waals surface area contributed by atoms with Crippen LogP contribution in [0, 0.1) is 56.0 Å². The molecule has 654 valence electrons. The molecule has 0 aliphatic carbocycles. The van der Waals surface area contributed by atoms with Gasteiger partial charge < -0.3 is 31.9 Å². The molecule has 3 saturated heterocycles. The van der Waals surface area contributed by atoms with Crippen molar-refractivity contribution in [1.29, 1.82) is 0 Å². The Labute approximate surface area is 751 Å². The fourth-order valence-electron chi connectivity index (χ4n) is 15.8. The van der Waals surface area contributed by atoms with Crippen molar-refractivity contribution in [3.05, 3.63) is 231 Å². The van der Waals surface area contributed by atoms with Crippen molar-refractivity contribution < 1.29 is 27.6 Å². The summed E-state index contributed by atoms with van der Waals surface area (Å²) in [5.41, 5.74) is 14.3. The van der Waals surface area contributed by atoms with Crippen LogP contribution in [-0.2, 0) is 73.3 Å². The zero-order chi connectivity index (χ0) is 87.6. The highest BCUT2D eigenvalue weighted by molar-refractivity contribution is 7.10. The van der Waals surface area contributed by atoms with E-state index in [1.165, 1.54) is 108 Å². The van der Waals surface area contributed by atoms with Gasteiger partial charge in [-0.1, -0.05) is 73.8 Å². The molecule has 6 N–H and O–H groups in total. The summed E-state index contributed by atoms with van der Waals surface area (Å²) in [5, 5.41) is 35.0. The molecule has 15 heterocycles. The Morgan fingerprint density at radius 1 is 0.437 bits per heavy atom. The molecule has 3 unspecified atom stereocenters. The quantitative estimate of drug-likeness (QED) is 0.0279. The second-order valence-corrected chi connectivity index (χ2v) is 36.1. The zero-order valence-corrected chi connectivity index (χ0v) is 74.8. The number of benzene rings is 3. The van der Waals surface area contributed by atoms with Crippen LogP contribution in [0.25, 0.3) is 50.7 Å². The predicted molar refractivity (Wildman–Crippen MR) is 484 cm³/mol. The summed E-state index contributed by atoms with van der Waals surface area (Å²) in [6, 6.07) is 19.1. The molecule has 126 heavy (non-hydrogen) atoms. The van der Waals surface area contributed by atoms with Crippen LogP contribution in [0.2, 0.25) is 15.1 Å². The molecular formula is C87H93Cl3F3N27O3S3. The minimum atomic E-state index is -0.493. The van der Waals surface area contributed by atoms with Crippen LogP contribution in [0.1, 0.15) is 110 Å². The van der Waals surface area contributed by atoms with Gasteiger partial charge in [-0.3, -0.25) is 56.3 Å². The molecule has 3 aromatic carbocycles. The third kappa shape index (κ3) is 22.4. The molecule has 0 radical (unpaired) electrons. The Morgan fingerprint density at radius 2 is 0.825 bits per heavy atom. The predicted octanol–water partition coefficient (Wildman–Crippen LogP) is 16.3. The van der Waals surface area contributed by atoms with E-state index in [1.807, 2.05) is 52.6 Å². The van der Waals surface area contributed by atoms with E-state index in [0.717, 1.165) is 160 Å². The highest BCUT2D eigenvalue weighted by Crippen LogP contribution is 2.35. The topological polar surface area (TPSA) is 316 Å². The first-order valence-corrected chi connectivity index (χ1v) is 45.0. The van der Waals surface area contributed by atoms with Gasteiger partial charge in [0.25, 0.3) is 0 Å². The fraction of sp³-hybridized carbons (Fsp3) is 0.345. The van der Waals surface area contributed by atoms with Crippen LogP contribution < -0.4 is 31.9 Å². The third-order valence-electron chi connectivity index (χ3n) is 21.8. The van der Waals surface area contributed by atoms with Gasteiger partial charge in [0, 0.05) is 128 Å². The molecule has 3 amide bonds. The molecule has 0 spiro atoms. The average Bonchev–Trinajstić information content (AvgIpc) is 1.64. The number of imidazole rings is 3. The number of carbonyl (C=O) groups is 3. The minimum Gasteiger partial charge on any atom is -0.350 e. The first-order valence-electron chi connectivity index (χ1n) is 41.5. The van der Waals surface area contributed by atoms with E-state index in [4.69, 9.17) is 49.8 Å². The van der Waals surface area contributed by atoms with E-state index in [2.05, 4.69) is 129 Å². The second-order valence-electron chi connectivity index (χ2n) is 32.4. The van der Waals surface area contributed by atoms with Crippen molar-refractivity contribution in [2.24, 2.45) is 17.8 Å². The van der Waals surface area contributed by atoms with E-state index in [9.17, 15) is 27.6 Å². The number of rotatable bonds is 27. The molecule has 39 heteroatoms. The normalized spacial score (nSPS) is 15.8. The molecule has 0 saturated carbocycles. The van der Waals surface area contributed by atoms with Crippen LogP contribution in [0.4, 0.5) is 45.6 Å². The number of nitrogens with one attached hydrogen (secondary N) is 6. The minimum absolute atomic E-state index is 0.0105. The van der Waals surface area contributed by atoms with Crippen molar-refractivity contribution >= 4 is 137 Å². The smallest absolute Gasteiger partial charge is 0.241 e. The number of fused-ring (bicyclic) bond motifs is 3. The van der Waals surface area contributed by atoms with Crippen molar-refractivity contribution in [2.45, 2.75) is 139 Å². The van der Waals surface area contributed by atoms with E-state index < -0.39 is 17.5 Å². The molecule has 18 rings (SSSR count). The Hall–Kier alpha value is -11.6. The van der Waals surface area contributed by atoms with Gasteiger partial charge >= 0.3 is 0 Å². The van der Waals surface area contributed by atoms with E-state index >= 15 is 0 Å². The van der Waals surface area contributed by atoms with Gasteiger partial charge in [0.1, 0.15) is 52.1 Å². The molecule has 15 aromatic rings. The van der Waals surface area contributed by atoms with Crippen molar-refractivity contribution in [2.75, 3.05) is 55.2 Å². The lowest BCUT2D eigenvalue weighted by atomic mass is 10.0. The number of likely N-dealkylation sites (tertiary alicyclic amines) is 3. The number of amides is 3. The zero-order valence-electron chi connectivity index (χ0n) is 70.0. The maximum Gasteiger partial charge on any atom is 0.241 e. The van der Waals surface area contributed by atoms with E-state index in [1.54, 1.807) is 89.4 Å². The lowest BCUT2D eigenvalue weighted by Crippen LogP contribution is -2.33. The third-order valence-corrected chi connectivity index (χ3v) is 24.9. The number of anilines is 6. The number of hydrogen-bond donors (Lipinski definition) is 6. The molecule has 12 aromatic heterocycles. The maximum absolute atomic E-state index is 14.0. The first kappa shape index (κ1) is 87.8. The number of aromatic nitrogens is 18. The highest BCUT2D eigenvalue weighted by atomic mass is 35.5. The average molecular weight is 1820 g/mol. The molecule has 30 nitrogen and oxygen atoms in total. The monoisotopic (exact) mass is 1820 g/mol. The highest BCUT2D eigenvalue weighted by Gasteiger charge is 2.25. The summed E-state index contributed by atoms with van der Waals surface area (Å²) in [5.74, 6) is 1.99. The summed E-state index contributed by atoms with van der Waals surface area (Å²) in [6.45, 7) is 22.5. The molecule has 3 atom stereocenters. The van der Waals surface area contributed by atoms with Gasteiger partial charge in [-0.2, -0.15) is 28.4 Å².